The minimum atomic E-state index is 0.0777. The van der Waals surface area contributed by atoms with Gasteiger partial charge in [0, 0.05) is 19.0 Å². The van der Waals surface area contributed by atoms with Gasteiger partial charge in [0.25, 0.3) is 0 Å². The highest BCUT2D eigenvalue weighted by atomic mass is 16.5. The largest absolute Gasteiger partial charge is 0.492 e. The second-order valence-electron chi connectivity index (χ2n) is 6.44. The Balaban J connectivity index is 1.70. The van der Waals surface area contributed by atoms with Crippen LogP contribution in [0.4, 0.5) is 0 Å². The molecule has 0 radical (unpaired) electrons. The van der Waals surface area contributed by atoms with Gasteiger partial charge in [-0.05, 0) is 49.8 Å². The lowest BCUT2D eigenvalue weighted by Gasteiger charge is -2.31. The number of hydrogen-bond donors (Lipinski definition) is 2. The molecule has 0 bridgehead atoms. The zero-order valence-electron chi connectivity index (χ0n) is 15.2. The third kappa shape index (κ3) is 5.49. The molecule has 134 valence electrons. The number of likely N-dealkylation sites (N-methyl/N-ethyl adjacent to an activating group) is 1. The first kappa shape index (κ1) is 18.7. The first-order valence-electron chi connectivity index (χ1n) is 9.06. The zero-order valence-corrected chi connectivity index (χ0v) is 15.2. The number of carbonyl (C=O) groups excluding carboxylic acids is 1. The number of rotatable bonds is 10. The van der Waals surface area contributed by atoms with Crippen molar-refractivity contribution in [3.8, 4) is 5.75 Å². The third-order valence-electron chi connectivity index (χ3n) is 4.89. The van der Waals surface area contributed by atoms with Crippen LogP contribution in [0.2, 0.25) is 0 Å². The Morgan fingerprint density at radius 3 is 2.50 bits per heavy atom. The molecule has 1 amide bonds. The van der Waals surface area contributed by atoms with E-state index in [0.717, 1.165) is 44.0 Å². The summed E-state index contributed by atoms with van der Waals surface area (Å²) in [5.41, 5.74) is 1.10. The van der Waals surface area contributed by atoms with E-state index in [4.69, 9.17) is 4.74 Å². The summed E-state index contributed by atoms with van der Waals surface area (Å²) >= 11 is 0. The van der Waals surface area contributed by atoms with Crippen molar-refractivity contribution in [3.05, 3.63) is 29.8 Å². The van der Waals surface area contributed by atoms with E-state index >= 15 is 0 Å². The fourth-order valence-corrected chi connectivity index (χ4v) is 2.76. The predicted octanol–water partition coefficient (Wildman–Crippen LogP) is 1.88. The van der Waals surface area contributed by atoms with Crippen LogP contribution in [-0.2, 0) is 11.3 Å². The average Bonchev–Trinajstić information content (AvgIpc) is 2.56. The Labute approximate surface area is 145 Å². The lowest BCUT2D eigenvalue weighted by Crippen LogP contribution is -2.49. The average molecular weight is 333 g/mol. The van der Waals surface area contributed by atoms with Crippen molar-refractivity contribution in [3.63, 3.8) is 0 Å². The summed E-state index contributed by atoms with van der Waals surface area (Å²) < 4.78 is 5.78. The first-order valence-corrected chi connectivity index (χ1v) is 9.06. The van der Waals surface area contributed by atoms with Gasteiger partial charge < -0.3 is 20.3 Å². The summed E-state index contributed by atoms with van der Waals surface area (Å²) in [6, 6.07) is 7.98. The highest BCUT2D eigenvalue weighted by Gasteiger charge is 2.28. The molecule has 24 heavy (non-hydrogen) atoms. The molecule has 0 spiro atoms. The van der Waals surface area contributed by atoms with Crippen molar-refractivity contribution in [2.24, 2.45) is 11.8 Å². The molecule has 1 aromatic carbocycles. The van der Waals surface area contributed by atoms with E-state index < -0.39 is 0 Å². The van der Waals surface area contributed by atoms with Gasteiger partial charge in [-0.25, -0.2) is 0 Å². The van der Waals surface area contributed by atoms with Gasteiger partial charge in [-0.3, -0.25) is 4.79 Å². The Morgan fingerprint density at radius 1 is 1.29 bits per heavy atom. The number of carbonyl (C=O) groups is 1. The van der Waals surface area contributed by atoms with Crippen molar-refractivity contribution in [2.45, 2.75) is 27.3 Å². The SMILES string of the molecule is CCN(CC)CCOc1ccc(CNC(=O)C(C)C2CNC2)cc1. The maximum absolute atomic E-state index is 12.1. The number of benzene rings is 1. The normalized spacial score (nSPS) is 15.8. The molecule has 0 saturated carbocycles. The molecule has 1 aliphatic heterocycles. The molecule has 5 nitrogen and oxygen atoms in total. The van der Waals surface area contributed by atoms with Crippen LogP contribution in [0.25, 0.3) is 0 Å². The Bertz CT molecular complexity index is 496. The molecular weight excluding hydrogens is 302 g/mol. The molecule has 5 heteroatoms. The first-order chi connectivity index (χ1) is 11.6. The monoisotopic (exact) mass is 333 g/mol. The number of amides is 1. The van der Waals surface area contributed by atoms with Gasteiger partial charge in [0.2, 0.25) is 5.91 Å². The number of ether oxygens (including phenoxy) is 1. The van der Waals surface area contributed by atoms with Crippen molar-refractivity contribution in [1.82, 2.24) is 15.5 Å². The van der Waals surface area contributed by atoms with Crippen molar-refractivity contribution < 1.29 is 9.53 Å². The van der Waals surface area contributed by atoms with Crippen LogP contribution in [0.15, 0.2) is 24.3 Å². The number of nitrogens with zero attached hydrogens (tertiary/aromatic N) is 1. The standard InChI is InChI=1S/C19H31N3O2/c1-4-22(5-2)10-11-24-18-8-6-16(7-9-18)12-21-19(23)15(3)17-13-20-14-17/h6-9,15,17,20H,4-5,10-14H2,1-3H3,(H,21,23). The van der Waals surface area contributed by atoms with E-state index in [1.54, 1.807) is 0 Å². The summed E-state index contributed by atoms with van der Waals surface area (Å²) in [5.74, 6) is 1.58. The second-order valence-corrected chi connectivity index (χ2v) is 6.44. The predicted molar refractivity (Wildman–Crippen MR) is 97.1 cm³/mol. The van der Waals surface area contributed by atoms with Crippen molar-refractivity contribution in [1.29, 1.82) is 0 Å². The van der Waals surface area contributed by atoms with Gasteiger partial charge in [-0.1, -0.05) is 32.9 Å². The van der Waals surface area contributed by atoms with E-state index in [0.29, 0.717) is 19.1 Å². The Morgan fingerprint density at radius 2 is 1.96 bits per heavy atom. The fourth-order valence-electron chi connectivity index (χ4n) is 2.76. The minimum absolute atomic E-state index is 0.0777. The van der Waals surface area contributed by atoms with Crippen molar-refractivity contribution >= 4 is 5.91 Å². The molecule has 1 atom stereocenters. The molecule has 1 heterocycles. The Hall–Kier alpha value is -1.59. The fraction of sp³-hybridized carbons (Fsp3) is 0.632. The van der Waals surface area contributed by atoms with Crippen LogP contribution >= 0.6 is 0 Å². The molecule has 1 unspecified atom stereocenters. The summed E-state index contributed by atoms with van der Waals surface area (Å²) in [7, 11) is 0. The van der Waals surface area contributed by atoms with Crippen LogP contribution in [0.5, 0.6) is 5.75 Å². The molecule has 0 aromatic heterocycles. The van der Waals surface area contributed by atoms with Crippen molar-refractivity contribution in [2.75, 3.05) is 39.3 Å². The summed E-state index contributed by atoms with van der Waals surface area (Å²) in [6.45, 7) is 12.5. The van der Waals surface area contributed by atoms with E-state index in [1.807, 2.05) is 31.2 Å². The van der Waals surface area contributed by atoms with Gasteiger partial charge in [0.05, 0.1) is 0 Å². The summed E-state index contributed by atoms with van der Waals surface area (Å²) in [4.78, 5) is 14.4. The zero-order chi connectivity index (χ0) is 17.4. The van der Waals surface area contributed by atoms with Gasteiger partial charge in [-0.2, -0.15) is 0 Å². The van der Waals surface area contributed by atoms with Gasteiger partial charge in [0.1, 0.15) is 12.4 Å². The molecule has 1 saturated heterocycles. The molecule has 0 aliphatic carbocycles. The maximum Gasteiger partial charge on any atom is 0.223 e. The third-order valence-corrected chi connectivity index (χ3v) is 4.89. The summed E-state index contributed by atoms with van der Waals surface area (Å²) in [6.07, 6.45) is 0. The van der Waals surface area contributed by atoms with Gasteiger partial charge >= 0.3 is 0 Å². The van der Waals surface area contributed by atoms with E-state index in [-0.39, 0.29) is 11.8 Å². The number of nitrogens with one attached hydrogen (secondary N) is 2. The molecule has 1 aliphatic rings. The second kappa shape index (κ2) is 9.64. The van der Waals surface area contributed by atoms with Crippen LogP contribution < -0.4 is 15.4 Å². The topological polar surface area (TPSA) is 53.6 Å². The van der Waals surface area contributed by atoms with E-state index in [1.165, 1.54) is 0 Å². The van der Waals surface area contributed by atoms with Crippen LogP contribution in [0.1, 0.15) is 26.3 Å². The summed E-state index contributed by atoms with van der Waals surface area (Å²) in [5, 5.41) is 6.24. The van der Waals surface area contributed by atoms with Crippen LogP contribution in [-0.4, -0.2) is 50.1 Å². The lowest BCUT2D eigenvalue weighted by molar-refractivity contribution is -0.126. The van der Waals surface area contributed by atoms with Crippen LogP contribution in [0, 0.1) is 11.8 Å². The van der Waals surface area contributed by atoms with Gasteiger partial charge in [-0.15, -0.1) is 0 Å². The van der Waals surface area contributed by atoms with E-state index in [2.05, 4.69) is 29.4 Å². The van der Waals surface area contributed by atoms with Crippen LogP contribution in [0.3, 0.4) is 0 Å². The molecule has 1 aromatic rings. The van der Waals surface area contributed by atoms with Gasteiger partial charge in [0.15, 0.2) is 0 Å². The molecular formula is C19H31N3O2. The van der Waals surface area contributed by atoms with E-state index in [9.17, 15) is 4.79 Å². The molecule has 1 fully saturated rings. The molecule has 2 rings (SSSR count). The highest BCUT2D eigenvalue weighted by molar-refractivity contribution is 5.78. The molecule has 2 N–H and O–H groups in total. The minimum Gasteiger partial charge on any atom is -0.492 e. The maximum atomic E-state index is 12.1. The quantitative estimate of drug-likeness (QED) is 0.686. The highest BCUT2D eigenvalue weighted by Crippen LogP contribution is 2.16. The number of hydrogen-bond acceptors (Lipinski definition) is 4. The Kier molecular flexibility index (Phi) is 7.53. The smallest absolute Gasteiger partial charge is 0.223 e. The lowest BCUT2D eigenvalue weighted by atomic mass is 9.88.